The fourth-order valence-corrected chi connectivity index (χ4v) is 2.88. The standard InChI is InChI=1S/C12H19N5O3S/c1-10-11(8-16(2)15-10)6-14-21(19,20)12-7-13-17(9-12)4-3-5-18/h7-9,14,18H,3-6H2,1-2H3. The van der Waals surface area contributed by atoms with Crippen molar-refractivity contribution < 1.29 is 13.5 Å². The number of hydrogen-bond acceptors (Lipinski definition) is 5. The van der Waals surface area contributed by atoms with E-state index in [0.29, 0.717) is 13.0 Å². The molecule has 0 saturated carbocycles. The Morgan fingerprint density at radius 2 is 2.14 bits per heavy atom. The van der Waals surface area contributed by atoms with Crippen molar-refractivity contribution in [3.63, 3.8) is 0 Å². The molecule has 116 valence electrons. The molecule has 9 heteroatoms. The first-order valence-electron chi connectivity index (χ1n) is 6.54. The van der Waals surface area contributed by atoms with Gasteiger partial charge in [0.05, 0.1) is 11.9 Å². The molecule has 2 rings (SSSR count). The van der Waals surface area contributed by atoms with Gasteiger partial charge in [-0.15, -0.1) is 0 Å². The lowest BCUT2D eigenvalue weighted by Gasteiger charge is -2.03. The molecule has 2 aromatic rings. The van der Waals surface area contributed by atoms with E-state index in [2.05, 4.69) is 14.9 Å². The molecule has 0 aliphatic carbocycles. The lowest BCUT2D eigenvalue weighted by atomic mass is 10.3. The van der Waals surface area contributed by atoms with E-state index in [9.17, 15) is 8.42 Å². The van der Waals surface area contributed by atoms with E-state index in [1.807, 2.05) is 6.92 Å². The van der Waals surface area contributed by atoms with E-state index in [1.54, 1.807) is 17.9 Å². The molecule has 0 aromatic carbocycles. The average Bonchev–Trinajstić information content (AvgIpc) is 3.01. The summed E-state index contributed by atoms with van der Waals surface area (Å²) in [6.07, 6.45) is 5.07. The monoisotopic (exact) mass is 313 g/mol. The van der Waals surface area contributed by atoms with Crippen LogP contribution in [-0.2, 0) is 30.2 Å². The first kappa shape index (κ1) is 15.7. The van der Waals surface area contributed by atoms with Crippen molar-refractivity contribution in [2.75, 3.05) is 6.61 Å². The molecule has 8 nitrogen and oxygen atoms in total. The second-order valence-corrected chi connectivity index (χ2v) is 6.52. The third kappa shape index (κ3) is 3.90. The zero-order valence-electron chi connectivity index (χ0n) is 12.0. The number of hydrogen-bond donors (Lipinski definition) is 2. The predicted molar refractivity (Wildman–Crippen MR) is 75.9 cm³/mol. The SMILES string of the molecule is Cc1nn(C)cc1CNS(=O)(=O)c1cnn(CCCO)c1. The molecular formula is C12H19N5O3S. The number of aliphatic hydroxyl groups is 1. The minimum Gasteiger partial charge on any atom is -0.396 e. The van der Waals surface area contributed by atoms with Crippen molar-refractivity contribution in [1.82, 2.24) is 24.3 Å². The predicted octanol–water partition coefficient (Wildman–Crippen LogP) is -0.214. The Labute approximate surface area is 123 Å². The van der Waals surface area contributed by atoms with Crippen LogP contribution in [0, 0.1) is 6.92 Å². The molecule has 0 aliphatic rings. The Morgan fingerprint density at radius 1 is 1.38 bits per heavy atom. The summed E-state index contributed by atoms with van der Waals surface area (Å²) >= 11 is 0. The normalized spacial score (nSPS) is 12.0. The lowest BCUT2D eigenvalue weighted by molar-refractivity contribution is 0.277. The number of nitrogens with zero attached hydrogens (tertiary/aromatic N) is 4. The van der Waals surface area contributed by atoms with Crippen LogP contribution in [0.3, 0.4) is 0 Å². The number of sulfonamides is 1. The molecule has 0 atom stereocenters. The van der Waals surface area contributed by atoms with Crippen molar-refractivity contribution >= 4 is 10.0 Å². The van der Waals surface area contributed by atoms with Crippen molar-refractivity contribution in [3.8, 4) is 0 Å². The van der Waals surface area contributed by atoms with Gasteiger partial charge < -0.3 is 5.11 Å². The summed E-state index contributed by atoms with van der Waals surface area (Å²) < 4.78 is 30.0. The number of aromatic nitrogens is 4. The highest BCUT2D eigenvalue weighted by Gasteiger charge is 2.17. The van der Waals surface area contributed by atoms with E-state index < -0.39 is 10.0 Å². The van der Waals surface area contributed by atoms with Crippen LogP contribution in [0.15, 0.2) is 23.5 Å². The molecule has 2 N–H and O–H groups in total. The van der Waals surface area contributed by atoms with Crippen LogP contribution >= 0.6 is 0 Å². The van der Waals surface area contributed by atoms with E-state index in [1.165, 1.54) is 17.1 Å². The van der Waals surface area contributed by atoms with Crippen LogP contribution in [0.25, 0.3) is 0 Å². The molecular weight excluding hydrogens is 294 g/mol. The molecule has 0 unspecified atom stereocenters. The summed E-state index contributed by atoms with van der Waals surface area (Å²) in [6, 6.07) is 0. The van der Waals surface area contributed by atoms with Crippen molar-refractivity contribution in [1.29, 1.82) is 0 Å². The highest BCUT2D eigenvalue weighted by molar-refractivity contribution is 7.89. The van der Waals surface area contributed by atoms with Gasteiger partial charge in [0.1, 0.15) is 4.90 Å². The van der Waals surface area contributed by atoms with Gasteiger partial charge in [0.15, 0.2) is 0 Å². The number of rotatable bonds is 7. The molecule has 21 heavy (non-hydrogen) atoms. The smallest absolute Gasteiger partial charge is 0.243 e. The Balaban J connectivity index is 2.04. The molecule has 0 amide bonds. The van der Waals surface area contributed by atoms with Crippen molar-refractivity contribution in [2.24, 2.45) is 7.05 Å². The lowest BCUT2D eigenvalue weighted by Crippen LogP contribution is -2.23. The first-order chi connectivity index (χ1) is 9.92. The van der Waals surface area contributed by atoms with Gasteiger partial charge in [-0.1, -0.05) is 0 Å². The summed E-state index contributed by atoms with van der Waals surface area (Å²) in [7, 11) is -1.82. The van der Waals surface area contributed by atoms with E-state index >= 15 is 0 Å². The van der Waals surface area contributed by atoms with Gasteiger partial charge >= 0.3 is 0 Å². The van der Waals surface area contributed by atoms with Gasteiger partial charge in [-0.3, -0.25) is 9.36 Å². The second-order valence-electron chi connectivity index (χ2n) is 4.75. The van der Waals surface area contributed by atoms with Crippen LogP contribution < -0.4 is 4.72 Å². The average molecular weight is 313 g/mol. The Morgan fingerprint density at radius 3 is 2.76 bits per heavy atom. The fraction of sp³-hybridized carbons (Fsp3) is 0.500. The summed E-state index contributed by atoms with van der Waals surface area (Å²) in [5.41, 5.74) is 1.62. The second kappa shape index (κ2) is 6.37. The Bertz CT molecular complexity index is 704. The maximum atomic E-state index is 12.2. The molecule has 0 saturated heterocycles. The summed E-state index contributed by atoms with van der Waals surface area (Å²) in [6.45, 7) is 2.54. The number of aryl methyl sites for hydroxylation is 3. The number of nitrogens with one attached hydrogen (secondary N) is 1. The zero-order valence-corrected chi connectivity index (χ0v) is 12.8. The Kier molecular flexibility index (Phi) is 4.76. The largest absolute Gasteiger partial charge is 0.396 e. The zero-order chi connectivity index (χ0) is 15.5. The van der Waals surface area contributed by atoms with Crippen LogP contribution in [0.2, 0.25) is 0 Å². The van der Waals surface area contributed by atoms with E-state index in [0.717, 1.165) is 11.3 Å². The third-order valence-corrected chi connectivity index (χ3v) is 4.39. The van der Waals surface area contributed by atoms with Gasteiger partial charge in [-0.25, -0.2) is 13.1 Å². The minimum absolute atomic E-state index is 0.0421. The van der Waals surface area contributed by atoms with E-state index in [-0.39, 0.29) is 18.0 Å². The van der Waals surface area contributed by atoms with Gasteiger partial charge in [0, 0.05) is 44.7 Å². The summed E-state index contributed by atoms with van der Waals surface area (Å²) in [5, 5.41) is 16.9. The van der Waals surface area contributed by atoms with Crippen LogP contribution in [0.4, 0.5) is 0 Å². The minimum atomic E-state index is -3.60. The maximum absolute atomic E-state index is 12.2. The van der Waals surface area contributed by atoms with Gasteiger partial charge in [0.2, 0.25) is 10.0 Å². The first-order valence-corrected chi connectivity index (χ1v) is 8.03. The van der Waals surface area contributed by atoms with Gasteiger partial charge in [0.25, 0.3) is 0 Å². The molecule has 2 heterocycles. The quantitative estimate of drug-likeness (QED) is 0.736. The highest BCUT2D eigenvalue weighted by atomic mass is 32.2. The Hall–Kier alpha value is -1.71. The third-order valence-electron chi connectivity index (χ3n) is 3.03. The van der Waals surface area contributed by atoms with Crippen LogP contribution in [-0.4, -0.2) is 39.7 Å². The van der Waals surface area contributed by atoms with Gasteiger partial charge in [-0.2, -0.15) is 10.2 Å². The van der Waals surface area contributed by atoms with Crippen LogP contribution in [0.1, 0.15) is 17.7 Å². The van der Waals surface area contributed by atoms with E-state index in [4.69, 9.17) is 5.11 Å². The van der Waals surface area contributed by atoms with Crippen molar-refractivity contribution in [2.45, 2.75) is 31.3 Å². The highest BCUT2D eigenvalue weighted by Crippen LogP contribution is 2.10. The molecule has 0 aliphatic heterocycles. The number of aliphatic hydroxyl groups excluding tert-OH is 1. The van der Waals surface area contributed by atoms with Gasteiger partial charge in [-0.05, 0) is 13.3 Å². The summed E-state index contributed by atoms with van der Waals surface area (Å²) in [4.78, 5) is 0.113. The molecule has 2 aromatic heterocycles. The topological polar surface area (TPSA) is 102 Å². The molecule has 0 fully saturated rings. The molecule has 0 bridgehead atoms. The fourth-order valence-electron chi connectivity index (χ4n) is 1.92. The van der Waals surface area contributed by atoms with Crippen LogP contribution in [0.5, 0.6) is 0 Å². The molecule has 0 radical (unpaired) electrons. The maximum Gasteiger partial charge on any atom is 0.243 e. The molecule has 0 spiro atoms. The summed E-state index contributed by atoms with van der Waals surface area (Å²) in [5.74, 6) is 0. The van der Waals surface area contributed by atoms with Crippen molar-refractivity contribution in [3.05, 3.63) is 29.8 Å².